The van der Waals surface area contributed by atoms with E-state index in [1.165, 1.54) is 12.1 Å². The van der Waals surface area contributed by atoms with Crippen molar-refractivity contribution in [1.82, 2.24) is 15.1 Å². The van der Waals surface area contributed by atoms with Gasteiger partial charge in [-0.25, -0.2) is 13.6 Å². The number of carbonyl (C=O) groups excluding carboxylic acids is 1. The van der Waals surface area contributed by atoms with Crippen molar-refractivity contribution in [2.45, 2.75) is 13.0 Å². The molecule has 2 amide bonds. The molecule has 1 heterocycles. The van der Waals surface area contributed by atoms with Crippen LogP contribution >= 0.6 is 0 Å². The Morgan fingerprint density at radius 1 is 1.11 bits per heavy atom. The number of ether oxygens (including phenoxy) is 1. The van der Waals surface area contributed by atoms with Crippen LogP contribution in [0.15, 0.2) is 48.5 Å². The second-order valence-electron chi connectivity index (χ2n) is 6.83. The number of hydrogen-bond donors (Lipinski definition) is 1. The summed E-state index contributed by atoms with van der Waals surface area (Å²) in [4.78, 5) is 16.4. The maximum absolute atomic E-state index is 13.9. The van der Waals surface area contributed by atoms with Crippen molar-refractivity contribution in [2.24, 2.45) is 0 Å². The number of halogens is 2. The molecule has 1 aliphatic heterocycles. The molecule has 1 aliphatic rings. The van der Waals surface area contributed by atoms with Crippen molar-refractivity contribution < 1.29 is 18.3 Å². The van der Waals surface area contributed by atoms with Crippen LogP contribution < -0.4 is 10.1 Å². The summed E-state index contributed by atoms with van der Waals surface area (Å²) in [6, 6.07) is 12.3. The quantitative estimate of drug-likeness (QED) is 0.823. The van der Waals surface area contributed by atoms with Crippen LogP contribution in [0.2, 0.25) is 0 Å². The zero-order valence-electron chi connectivity index (χ0n) is 15.9. The van der Waals surface area contributed by atoms with Crippen LogP contribution in [-0.4, -0.2) is 55.2 Å². The smallest absolute Gasteiger partial charge is 0.317 e. The maximum atomic E-state index is 13.9. The van der Waals surface area contributed by atoms with Gasteiger partial charge in [0.25, 0.3) is 0 Å². The number of para-hydroxylation sites is 1. The Balaban J connectivity index is 1.41. The Bertz CT molecular complexity index is 780. The highest BCUT2D eigenvalue weighted by Crippen LogP contribution is 2.18. The fourth-order valence-corrected chi connectivity index (χ4v) is 3.19. The summed E-state index contributed by atoms with van der Waals surface area (Å²) in [5.41, 5.74) is 0.270. The molecule has 1 atom stereocenters. The third-order valence-electron chi connectivity index (χ3n) is 4.85. The van der Waals surface area contributed by atoms with Crippen molar-refractivity contribution in [3.05, 3.63) is 65.7 Å². The van der Waals surface area contributed by atoms with Gasteiger partial charge in [-0.15, -0.1) is 0 Å². The fraction of sp³-hybridized carbons (Fsp3) is 0.381. The van der Waals surface area contributed by atoms with E-state index >= 15 is 0 Å². The lowest BCUT2D eigenvalue weighted by molar-refractivity contribution is 0.125. The molecule has 0 aliphatic carbocycles. The van der Waals surface area contributed by atoms with E-state index in [2.05, 4.69) is 10.2 Å². The lowest BCUT2D eigenvalue weighted by atomic mass is 10.1. The van der Waals surface area contributed by atoms with E-state index in [1.807, 2.05) is 30.3 Å². The minimum Gasteiger partial charge on any atom is -0.492 e. The first-order valence-corrected chi connectivity index (χ1v) is 9.43. The predicted octanol–water partition coefficient (Wildman–Crippen LogP) is 3.43. The molecule has 0 bridgehead atoms. The molecular weight excluding hydrogens is 364 g/mol. The monoisotopic (exact) mass is 389 g/mol. The van der Waals surface area contributed by atoms with Crippen molar-refractivity contribution >= 4 is 6.03 Å². The summed E-state index contributed by atoms with van der Waals surface area (Å²) < 4.78 is 32.6. The highest BCUT2D eigenvalue weighted by molar-refractivity contribution is 5.74. The number of rotatable bonds is 6. The van der Waals surface area contributed by atoms with E-state index in [0.717, 1.165) is 31.5 Å². The highest BCUT2D eigenvalue weighted by atomic mass is 19.1. The van der Waals surface area contributed by atoms with Gasteiger partial charge in [0, 0.05) is 44.4 Å². The van der Waals surface area contributed by atoms with Gasteiger partial charge >= 0.3 is 6.03 Å². The number of nitrogens with one attached hydrogen (secondary N) is 1. The molecule has 0 unspecified atom stereocenters. The van der Waals surface area contributed by atoms with Crippen LogP contribution in [0, 0.1) is 11.6 Å². The molecule has 3 rings (SSSR count). The third-order valence-corrected chi connectivity index (χ3v) is 4.85. The van der Waals surface area contributed by atoms with E-state index in [1.54, 1.807) is 11.8 Å². The Hall–Kier alpha value is -2.67. The summed E-state index contributed by atoms with van der Waals surface area (Å²) in [7, 11) is 0. The summed E-state index contributed by atoms with van der Waals surface area (Å²) in [5, 5.41) is 2.79. The largest absolute Gasteiger partial charge is 0.492 e. The molecule has 28 heavy (non-hydrogen) atoms. The molecule has 5 nitrogen and oxygen atoms in total. The van der Waals surface area contributed by atoms with Crippen molar-refractivity contribution in [1.29, 1.82) is 0 Å². The molecule has 1 fully saturated rings. The summed E-state index contributed by atoms with van der Waals surface area (Å²) in [6.07, 6.45) is 0. The molecule has 0 radical (unpaired) electrons. The topological polar surface area (TPSA) is 44.8 Å². The first kappa shape index (κ1) is 20.1. The molecule has 0 saturated carbocycles. The van der Waals surface area contributed by atoms with Crippen molar-refractivity contribution in [3.8, 4) is 5.75 Å². The third kappa shape index (κ3) is 5.42. The Morgan fingerprint density at radius 2 is 1.82 bits per heavy atom. The zero-order chi connectivity index (χ0) is 19.9. The Kier molecular flexibility index (Phi) is 6.81. The van der Waals surface area contributed by atoms with E-state index in [-0.39, 0.29) is 11.6 Å². The van der Waals surface area contributed by atoms with Gasteiger partial charge in [-0.05, 0) is 25.1 Å². The number of benzene rings is 2. The van der Waals surface area contributed by atoms with Crippen LogP contribution in [0.25, 0.3) is 0 Å². The second-order valence-corrected chi connectivity index (χ2v) is 6.83. The lowest BCUT2D eigenvalue weighted by Gasteiger charge is -2.35. The number of carbonyl (C=O) groups is 1. The normalized spacial score (nSPS) is 15.9. The number of piperazine rings is 1. The average Bonchev–Trinajstić information content (AvgIpc) is 2.69. The Morgan fingerprint density at radius 3 is 2.50 bits per heavy atom. The SMILES string of the molecule is C[C@H](NC(=O)N1CCN(CCOc2ccccc2)CC1)c1ccc(F)cc1F. The van der Waals surface area contributed by atoms with Crippen molar-refractivity contribution in [3.63, 3.8) is 0 Å². The minimum absolute atomic E-state index is 0.239. The number of urea groups is 1. The van der Waals surface area contributed by atoms with Gasteiger partial charge in [-0.2, -0.15) is 0 Å². The molecule has 0 spiro atoms. The van der Waals surface area contributed by atoms with Gasteiger partial charge < -0.3 is 15.0 Å². The number of amides is 2. The van der Waals surface area contributed by atoms with Gasteiger partial charge in [0.1, 0.15) is 24.0 Å². The van der Waals surface area contributed by atoms with Gasteiger partial charge in [-0.3, -0.25) is 4.90 Å². The van der Waals surface area contributed by atoms with Crippen LogP contribution in [0.4, 0.5) is 13.6 Å². The summed E-state index contributed by atoms with van der Waals surface area (Å²) >= 11 is 0. The summed E-state index contributed by atoms with van der Waals surface area (Å²) in [6.45, 7) is 5.77. The molecule has 2 aromatic rings. The summed E-state index contributed by atoms with van der Waals surface area (Å²) in [5.74, 6) is -0.439. The van der Waals surface area contributed by atoms with Crippen LogP contribution in [0.3, 0.4) is 0 Å². The molecule has 150 valence electrons. The zero-order valence-corrected chi connectivity index (χ0v) is 15.9. The first-order valence-electron chi connectivity index (χ1n) is 9.43. The molecule has 2 aromatic carbocycles. The average molecular weight is 389 g/mol. The van der Waals surface area contributed by atoms with Crippen LogP contribution in [0.5, 0.6) is 5.75 Å². The second kappa shape index (κ2) is 9.50. The predicted molar refractivity (Wildman–Crippen MR) is 103 cm³/mol. The van der Waals surface area contributed by atoms with E-state index in [4.69, 9.17) is 4.74 Å². The number of nitrogens with zero attached hydrogens (tertiary/aromatic N) is 2. The fourth-order valence-electron chi connectivity index (χ4n) is 3.19. The highest BCUT2D eigenvalue weighted by Gasteiger charge is 2.23. The van der Waals surface area contributed by atoms with E-state index in [0.29, 0.717) is 19.7 Å². The standard InChI is InChI=1S/C21H25F2N3O2/c1-16(19-8-7-17(22)15-20(19)23)24-21(27)26-11-9-25(10-12-26)13-14-28-18-5-3-2-4-6-18/h2-8,15-16H,9-14H2,1H3,(H,24,27)/t16-/m0/s1. The van der Waals surface area contributed by atoms with Crippen LogP contribution in [-0.2, 0) is 0 Å². The van der Waals surface area contributed by atoms with E-state index in [9.17, 15) is 13.6 Å². The van der Waals surface area contributed by atoms with Crippen LogP contribution in [0.1, 0.15) is 18.5 Å². The van der Waals surface area contributed by atoms with Gasteiger partial charge in [0.2, 0.25) is 0 Å². The molecule has 7 heteroatoms. The first-order chi connectivity index (χ1) is 13.5. The van der Waals surface area contributed by atoms with Gasteiger partial charge in [-0.1, -0.05) is 24.3 Å². The lowest BCUT2D eigenvalue weighted by Crippen LogP contribution is -2.52. The van der Waals surface area contributed by atoms with E-state index < -0.39 is 17.7 Å². The minimum atomic E-state index is -0.656. The Labute approximate surface area is 163 Å². The van der Waals surface area contributed by atoms with Gasteiger partial charge in [0.05, 0.1) is 6.04 Å². The van der Waals surface area contributed by atoms with Crippen molar-refractivity contribution in [2.75, 3.05) is 39.3 Å². The maximum Gasteiger partial charge on any atom is 0.317 e. The molecule has 1 saturated heterocycles. The molecular formula is C21H25F2N3O2. The number of hydrogen-bond acceptors (Lipinski definition) is 3. The molecule has 0 aromatic heterocycles. The molecule has 1 N–H and O–H groups in total. The van der Waals surface area contributed by atoms with Gasteiger partial charge in [0.15, 0.2) is 0 Å².